The maximum atomic E-state index is 10.6. The van der Waals surface area contributed by atoms with Crippen LogP contribution >= 0.6 is 0 Å². The van der Waals surface area contributed by atoms with E-state index in [0.29, 0.717) is 0 Å². The highest BCUT2D eigenvalue weighted by molar-refractivity contribution is 5.67. The molecule has 0 aromatic heterocycles. The average Bonchev–Trinajstić information content (AvgIpc) is 2.49. The third-order valence-electron chi connectivity index (χ3n) is 3.07. The van der Waals surface area contributed by atoms with Crippen molar-refractivity contribution >= 4 is 5.97 Å². The van der Waals surface area contributed by atoms with Gasteiger partial charge in [-0.1, -0.05) is 25.5 Å². The molecule has 86 valence electrons. The van der Waals surface area contributed by atoms with E-state index in [9.17, 15) is 9.90 Å². The Morgan fingerprint density at radius 1 is 1.47 bits per heavy atom. The zero-order valence-corrected chi connectivity index (χ0v) is 9.22. The Bertz CT molecular complexity index is 235. The predicted molar refractivity (Wildman–Crippen MR) is 58.5 cm³/mol. The second-order valence-corrected chi connectivity index (χ2v) is 4.30. The van der Waals surface area contributed by atoms with Crippen LogP contribution in [0.25, 0.3) is 0 Å². The summed E-state index contributed by atoms with van der Waals surface area (Å²) in [6.45, 7) is 2.10. The van der Waals surface area contributed by atoms with Crippen LogP contribution in [-0.4, -0.2) is 22.3 Å². The molecule has 0 radical (unpaired) electrons. The van der Waals surface area contributed by atoms with Crippen LogP contribution in [0.2, 0.25) is 0 Å². The number of rotatable bonds is 5. The van der Waals surface area contributed by atoms with Gasteiger partial charge in [0.1, 0.15) is 0 Å². The van der Waals surface area contributed by atoms with Crippen LogP contribution in [0.1, 0.15) is 39.0 Å². The number of aliphatic hydroxyl groups is 1. The number of aliphatic carboxylic acids is 1. The van der Waals surface area contributed by atoms with Crippen LogP contribution in [0.5, 0.6) is 0 Å². The van der Waals surface area contributed by atoms with Gasteiger partial charge >= 0.3 is 5.97 Å². The van der Waals surface area contributed by atoms with Crippen LogP contribution in [0.4, 0.5) is 0 Å². The summed E-state index contributed by atoms with van der Waals surface area (Å²) in [7, 11) is 0. The number of carboxylic acid groups (broad SMARTS) is 1. The van der Waals surface area contributed by atoms with E-state index >= 15 is 0 Å². The van der Waals surface area contributed by atoms with E-state index in [1.807, 2.05) is 6.08 Å². The molecule has 1 aliphatic rings. The number of carboxylic acids is 1. The summed E-state index contributed by atoms with van der Waals surface area (Å²) in [6.07, 6.45) is 7.56. The van der Waals surface area contributed by atoms with Crippen molar-refractivity contribution in [3.8, 4) is 0 Å². The van der Waals surface area contributed by atoms with Gasteiger partial charge in [-0.15, -0.1) is 0 Å². The van der Waals surface area contributed by atoms with Gasteiger partial charge in [-0.25, -0.2) is 0 Å². The van der Waals surface area contributed by atoms with Gasteiger partial charge in [0.15, 0.2) is 0 Å². The van der Waals surface area contributed by atoms with Gasteiger partial charge in [-0.05, 0) is 25.2 Å². The first-order valence-corrected chi connectivity index (χ1v) is 5.71. The van der Waals surface area contributed by atoms with Crippen molar-refractivity contribution in [2.24, 2.45) is 11.8 Å². The Morgan fingerprint density at radius 3 is 2.80 bits per heavy atom. The summed E-state index contributed by atoms with van der Waals surface area (Å²) >= 11 is 0. The standard InChI is InChI=1S/C12H20O3/c1-2-3-4-5-10-9(8-12(14)15)6-7-11(10)13/h4-5,9-11,13H,2-3,6-8H2,1H3,(H,14,15)/b5-4-. The summed E-state index contributed by atoms with van der Waals surface area (Å²) in [4.78, 5) is 10.6. The van der Waals surface area contributed by atoms with Crippen LogP contribution in [0.3, 0.4) is 0 Å². The lowest BCUT2D eigenvalue weighted by Crippen LogP contribution is -2.19. The zero-order chi connectivity index (χ0) is 11.3. The third kappa shape index (κ3) is 3.67. The van der Waals surface area contributed by atoms with Gasteiger partial charge in [0, 0.05) is 12.3 Å². The molecule has 3 heteroatoms. The van der Waals surface area contributed by atoms with E-state index < -0.39 is 5.97 Å². The minimum absolute atomic E-state index is 0.0487. The largest absolute Gasteiger partial charge is 0.481 e. The van der Waals surface area contributed by atoms with Gasteiger partial charge in [0.25, 0.3) is 0 Å². The molecule has 3 atom stereocenters. The minimum atomic E-state index is -0.761. The molecule has 1 aliphatic carbocycles. The lowest BCUT2D eigenvalue weighted by Gasteiger charge is -2.16. The second kappa shape index (κ2) is 5.91. The topological polar surface area (TPSA) is 57.5 Å². The summed E-state index contributed by atoms with van der Waals surface area (Å²) in [5.74, 6) is -0.596. The molecule has 1 rings (SSSR count). The van der Waals surface area contributed by atoms with Gasteiger partial charge in [-0.3, -0.25) is 4.79 Å². The smallest absolute Gasteiger partial charge is 0.303 e. The molecule has 0 bridgehead atoms. The number of hydrogen-bond acceptors (Lipinski definition) is 2. The van der Waals surface area contributed by atoms with Crippen molar-refractivity contribution in [3.05, 3.63) is 12.2 Å². The van der Waals surface area contributed by atoms with Crippen molar-refractivity contribution in [2.75, 3.05) is 0 Å². The lowest BCUT2D eigenvalue weighted by molar-refractivity contribution is -0.138. The van der Waals surface area contributed by atoms with E-state index in [-0.39, 0.29) is 24.4 Å². The summed E-state index contributed by atoms with van der Waals surface area (Å²) < 4.78 is 0. The summed E-state index contributed by atoms with van der Waals surface area (Å²) in [6, 6.07) is 0. The SMILES string of the molecule is CCC/C=C\C1C(O)CCC1CC(=O)O. The zero-order valence-electron chi connectivity index (χ0n) is 9.22. The van der Waals surface area contributed by atoms with Gasteiger partial charge in [0.05, 0.1) is 6.10 Å². The Kier molecular flexibility index (Phi) is 4.82. The van der Waals surface area contributed by atoms with Gasteiger partial charge in [-0.2, -0.15) is 0 Å². The average molecular weight is 212 g/mol. The normalized spacial score (nSPS) is 31.2. The highest BCUT2D eigenvalue weighted by atomic mass is 16.4. The Morgan fingerprint density at radius 2 is 2.20 bits per heavy atom. The fourth-order valence-corrected chi connectivity index (χ4v) is 2.25. The quantitative estimate of drug-likeness (QED) is 0.687. The molecule has 0 saturated heterocycles. The fraction of sp³-hybridized carbons (Fsp3) is 0.750. The number of hydrogen-bond donors (Lipinski definition) is 2. The maximum Gasteiger partial charge on any atom is 0.303 e. The Balaban J connectivity index is 2.52. The van der Waals surface area contributed by atoms with Crippen molar-refractivity contribution < 1.29 is 15.0 Å². The molecule has 1 fully saturated rings. The van der Waals surface area contributed by atoms with E-state index in [1.165, 1.54) is 0 Å². The van der Waals surface area contributed by atoms with Crippen LogP contribution in [-0.2, 0) is 4.79 Å². The monoisotopic (exact) mass is 212 g/mol. The van der Waals surface area contributed by atoms with Crippen molar-refractivity contribution in [2.45, 2.75) is 45.1 Å². The maximum absolute atomic E-state index is 10.6. The minimum Gasteiger partial charge on any atom is -0.481 e. The molecular weight excluding hydrogens is 192 g/mol. The summed E-state index contributed by atoms with van der Waals surface area (Å²) in [5.41, 5.74) is 0. The second-order valence-electron chi connectivity index (χ2n) is 4.30. The van der Waals surface area contributed by atoms with Gasteiger partial charge in [0.2, 0.25) is 0 Å². The van der Waals surface area contributed by atoms with E-state index in [2.05, 4.69) is 13.0 Å². The molecule has 0 aromatic rings. The molecule has 0 amide bonds. The Labute approximate surface area is 90.8 Å². The predicted octanol–water partition coefficient (Wildman–Crippen LogP) is 2.20. The molecule has 1 saturated carbocycles. The molecule has 0 heterocycles. The molecule has 3 nitrogen and oxygen atoms in total. The van der Waals surface area contributed by atoms with Crippen LogP contribution < -0.4 is 0 Å². The van der Waals surface area contributed by atoms with Crippen LogP contribution in [0, 0.1) is 11.8 Å². The first kappa shape index (κ1) is 12.2. The molecule has 0 spiro atoms. The summed E-state index contributed by atoms with van der Waals surface area (Å²) in [5, 5.41) is 18.5. The third-order valence-corrected chi connectivity index (χ3v) is 3.07. The molecule has 15 heavy (non-hydrogen) atoms. The van der Waals surface area contributed by atoms with E-state index in [4.69, 9.17) is 5.11 Å². The molecule has 3 unspecified atom stereocenters. The highest BCUT2D eigenvalue weighted by Crippen LogP contribution is 2.35. The molecule has 2 N–H and O–H groups in total. The first-order chi connectivity index (χ1) is 7.15. The lowest BCUT2D eigenvalue weighted by atomic mass is 9.91. The van der Waals surface area contributed by atoms with Gasteiger partial charge < -0.3 is 10.2 Å². The van der Waals surface area contributed by atoms with Crippen molar-refractivity contribution in [1.29, 1.82) is 0 Å². The van der Waals surface area contributed by atoms with E-state index in [0.717, 1.165) is 25.7 Å². The number of carbonyl (C=O) groups is 1. The molecular formula is C12H20O3. The molecule has 0 aliphatic heterocycles. The Hall–Kier alpha value is -0.830. The molecule has 0 aromatic carbocycles. The van der Waals surface area contributed by atoms with Crippen molar-refractivity contribution in [1.82, 2.24) is 0 Å². The number of allylic oxidation sites excluding steroid dienone is 1. The highest BCUT2D eigenvalue weighted by Gasteiger charge is 2.34. The van der Waals surface area contributed by atoms with Crippen molar-refractivity contribution in [3.63, 3.8) is 0 Å². The number of aliphatic hydroxyl groups excluding tert-OH is 1. The fourth-order valence-electron chi connectivity index (χ4n) is 2.25. The van der Waals surface area contributed by atoms with E-state index in [1.54, 1.807) is 0 Å². The first-order valence-electron chi connectivity index (χ1n) is 5.71. The van der Waals surface area contributed by atoms with Crippen LogP contribution in [0.15, 0.2) is 12.2 Å². The number of unbranched alkanes of at least 4 members (excludes halogenated alkanes) is 1.